The normalized spacial score (nSPS) is 9.95. The number of ether oxygens (including phenoxy) is 1. The van der Waals surface area contributed by atoms with Crippen molar-refractivity contribution >= 4 is 0 Å². The number of nitrogens with zero attached hydrogens (tertiary/aromatic N) is 1. The third kappa shape index (κ3) is 3.14. The van der Waals surface area contributed by atoms with Gasteiger partial charge in [-0.05, 0) is 54.3 Å². The first kappa shape index (κ1) is 13.2. The third-order valence-electron chi connectivity index (χ3n) is 3.14. The van der Waals surface area contributed by atoms with Gasteiger partial charge in [0.15, 0.2) is 0 Å². The molecule has 0 amide bonds. The molecule has 96 valence electrons. The van der Waals surface area contributed by atoms with Crippen LogP contribution >= 0.6 is 0 Å². The first-order valence-electron chi connectivity index (χ1n) is 6.56. The maximum atomic E-state index is 8.87. The van der Waals surface area contributed by atoms with Gasteiger partial charge < -0.3 is 4.74 Å². The number of hydrogen-bond acceptors (Lipinski definition) is 2. The highest BCUT2D eigenvalue weighted by molar-refractivity contribution is 5.41. The molecule has 0 saturated heterocycles. The van der Waals surface area contributed by atoms with Crippen LogP contribution in [0.2, 0.25) is 0 Å². The van der Waals surface area contributed by atoms with E-state index in [9.17, 15) is 0 Å². The van der Waals surface area contributed by atoms with Crippen LogP contribution in [0, 0.1) is 11.3 Å². The molecule has 0 aromatic heterocycles. The Hall–Kier alpha value is -2.27. The topological polar surface area (TPSA) is 33.0 Å². The molecule has 0 spiro atoms. The van der Waals surface area contributed by atoms with Gasteiger partial charge in [0.2, 0.25) is 0 Å². The van der Waals surface area contributed by atoms with Crippen LogP contribution in [0.5, 0.6) is 11.5 Å². The van der Waals surface area contributed by atoms with E-state index in [1.165, 1.54) is 11.1 Å². The summed E-state index contributed by atoms with van der Waals surface area (Å²) >= 11 is 0. The molecule has 0 radical (unpaired) electrons. The molecule has 0 saturated carbocycles. The number of nitriles is 1. The highest BCUT2D eigenvalue weighted by atomic mass is 16.5. The van der Waals surface area contributed by atoms with Gasteiger partial charge in [0.05, 0.1) is 11.6 Å². The Labute approximate surface area is 114 Å². The predicted octanol–water partition coefficient (Wildman–Crippen LogP) is 4.48. The Balaban J connectivity index is 2.26. The predicted molar refractivity (Wildman–Crippen MR) is 76.4 cm³/mol. The molecule has 0 aliphatic carbocycles. The van der Waals surface area contributed by atoms with E-state index in [-0.39, 0.29) is 0 Å². The summed E-state index contributed by atoms with van der Waals surface area (Å²) in [5, 5.41) is 8.87. The average Bonchev–Trinajstić information content (AvgIpc) is 2.47. The standard InChI is InChI=1S/C17H17NO/c1-3-14-8-9-17(11-15(14)4-2)19-16-7-5-6-13(10-16)12-18/h5-11H,3-4H2,1-2H3. The van der Waals surface area contributed by atoms with E-state index in [1.807, 2.05) is 18.2 Å². The van der Waals surface area contributed by atoms with E-state index in [2.05, 4.69) is 32.0 Å². The van der Waals surface area contributed by atoms with Gasteiger partial charge in [-0.2, -0.15) is 5.26 Å². The first-order valence-corrected chi connectivity index (χ1v) is 6.56. The third-order valence-corrected chi connectivity index (χ3v) is 3.14. The summed E-state index contributed by atoms with van der Waals surface area (Å²) in [5.41, 5.74) is 3.29. The molecule has 2 heteroatoms. The van der Waals surface area contributed by atoms with Crippen molar-refractivity contribution in [1.29, 1.82) is 5.26 Å². The number of benzene rings is 2. The molecule has 0 bridgehead atoms. The summed E-state index contributed by atoms with van der Waals surface area (Å²) in [6, 6.07) is 15.5. The lowest BCUT2D eigenvalue weighted by atomic mass is 10.0. The quantitative estimate of drug-likeness (QED) is 0.802. The minimum Gasteiger partial charge on any atom is -0.457 e. The molecule has 0 atom stereocenters. The average molecular weight is 251 g/mol. The molecule has 0 aliphatic heterocycles. The van der Waals surface area contributed by atoms with Crippen LogP contribution in [0.3, 0.4) is 0 Å². The zero-order chi connectivity index (χ0) is 13.7. The van der Waals surface area contributed by atoms with Crippen molar-refractivity contribution in [3.05, 3.63) is 59.2 Å². The second kappa shape index (κ2) is 6.06. The van der Waals surface area contributed by atoms with Crippen LogP contribution in [-0.2, 0) is 12.8 Å². The summed E-state index contributed by atoms with van der Waals surface area (Å²) in [7, 11) is 0. The van der Waals surface area contributed by atoms with Crippen molar-refractivity contribution < 1.29 is 4.74 Å². The Morgan fingerprint density at radius 1 is 0.947 bits per heavy atom. The number of hydrogen-bond donors (Lipinski definition) is 0. The minimum atomic E-state index is 0.610. The fraction of sp³-hybridized carbons (Fsp3) is 0.235. The van der Waals surface area contributed by atoms with E-state index >= 15 is 0 Å². The van der Waals surface area contributed by atoms with Gasteiger partial charge in [-0.15, -0.1) is 0 Å². The fourth-order valence-corrected chi connectivity index (χ4v) is 2.11. The lowest BCUT2D eigenvalue weighted by Gasteiger charge is -2.10. The molecule has 2 nitrogen and oxygen atoms in total. The van der Waals surface area contributed by atoms with Crippen molar-refractivity contribution in [2.75, 3.05) is 0 Å². The maximum absolute atomic E-state index is 8.87. The lowest BCUT2D eigenvalue weighted by Crippen LogP contribution is -1.92. The first-order chi connectivity index (χ1) is 9.26. The van der Waals surface area contributed by atoms with Crippen LogP contribution in [0.1, 0.15) is 30.5 Å². The van der Waals surface area contributed by atoms with Crippen LogP contribution in [0.15, 0.2) is 42.5 Å². The zero-order valence-corrected chi connectivity index (χ0v) is 11.3. The van der Waals surface area contributed by atoms with E-state index < -0.39 is 0 Å². The molecule has 2 aromatic rings. The summed E-state index contributed by atoms with van der Waals surface area (Å²) < 4.78 is 5.81. The summed E-state index contributed by atoms with van der Waals surface area (Å²) in [4.78, 5) is 0. The van der Waals surface area contributed by atoms with Gasteiger partial charge in [-0.25, -0.2) is 0 Å². The molecule has 0 N–H and O–H groups in total. The maximum Gasteiger partial charge on any atom is 0.128 e. The van der Waals surface area contributed by atoms with Crippen LogP contribution in [0.25, 0.3) is 0 Å². The molecule has 0 unspecified atom stereocenters. The van der Waals surface area contributed by atoms with Gasteiger partial charge in [-0.1, -0.05) is 26.0 Å². The molecular weight excluding hydrogens is 234 g/mol. The molecule has 0 aliphatic rings. The largest absolute Gasteiger partial charge is 0.457 e. The molecule has 2 aromatic carbocycles. The molecule has 0 fully saturated rings. The molecule has 19 heavy (non-hydrogen) atoms. The molecule has 0 heterocycles. The fourth-order valence-electron chi connectivity index (χ4n) is 2.11. The monoisotopic (exact) mass is 251 g/mol. The van der Waals surface area contributed by atoms with Crippen LogP contribution < -0.4 is 4.74 Å². The zero-order valence-electron chi connectivity index (χ0n) is 11.3. The molecular formula is C17H17NO. The van der Waals surface area contributed by atoms with Crippen molar-refractivity contribution in [3.8, 4) is 17.6 Å². The summed E-state index contributed by atoms with van der Waals surface area (Å²) in [6.45, 7) is 4.31. The lowest BCUT2D eigenvalue weighted by molar-refractivity contribution is 0.481. The van der Waals surface area contributed by atoms with E-state index in [0.717, 1.165) is 18.6 Å². The highest BCUT2D eigenvalue weighted by Gasteiger charge is 2.03. The van der Waals surface area contributed by atoms with Gasteiger partial charge in [0.1, 0.15) is 11.5 Å². The van der Waals surface area contributed by atoms with Crippen molar-refractivity contribution in [2.45, 2.75) is 26.7 Å². The van der Waals surface area contributed by atoms with Gasteiger partial charge in [0, 0.05) is 0 Å². The Morgan fingerprint density at radius 2 is 1.68 bits per heavy atom. The number of rotatable bonds is 4. The van der Waals surface area contributed by atoms with Crippen molar-refractivity contribution in [2.24, 2.45) is 0 Å². The minimum absolute atomic E-state index is 0.610. The highest BCUT2D eigenvalue weighted by Crippen LogP contribution is 2.25. The summed E-state index contributed by atoms with van der Waals surface area (Å²) in [5.74, 6) is 1.52. The van der Waals surface area contributed by atoms with E-state index in [4.69, 9.17) is 10.00 Å². The van der Waals surface area contributed by atoms with E-state index in [1.54, 1.807) is 12.1 Å². The van der Waals surface area contributed by atoms with E-state index in [0.29, 0.717) is 11.3 Å². The SMILES string of the molecule is CCc1ccc(Oc2cccc(C#N)c2)cc1CC. The van der Waals surface area contributed by atoms with Gasteiger partial charge in [0.25, 0.3) is 0 Å². The van der Waals surface area contributed by atoms with Crippen LogP contribution in [-0.4, -0.2) is 0 Å². The number of aryl methyl sites for hydroxylation is 2. The van der Waals surface area contributed by atoms with Crippen molar-refractivity contribution in [1.82, 2.24) is 0 Å². The molecule has 2 rings (SSSR count). The van der Waals surface area contributed by atoms with Crippen LogP contribution in [0.4, 0.5) is 0 Å². The summed E-state index contributed by atoms with van der Waals surface area (Å²) in [6.07, 6.45) is 2.03. The Morgan fingerprint density at radius 3 is 2.37 bits per heavy atom. The van der Waals surface area contributed by atoms with Crippen molar-refractivity contribution in [3.63, 3.8) is 0 Å². The van der Waals surface area contributed by atoms with Gasteiger partial charge >= 0.3 is 0 Å². The second-order valence-corrected chi connectivity index (χ2v) is 4.38. The van der Waals surface area contributed by atoms with Gasteiger partial charge in [-0.3, -0.25) is 0 Å². The second-order valence-electron chi connectivity index (χ2n) is 4.38. The Kier molecular flexibility index (Phi) is 4.20. The smallest absolute Gasteiger partial charge is 0.128 e. The Bertz CT molecular complexity index is 611.